The molecule has 1 saturated heterocycles. The second-order valence-corrected chi connectivity index (χ2v) is 4.81. The van der Waals surface area contributed by atoms with Gasteiger partial charge in [0.05, 0.1) is 11.3 Å². The number of fused-ring (bicyclic) bond motifs is 1. The Hall–Kier alpha value is -1.03. The number of nitrogens with zero attached hydrogens (tertiary/aromatic N) is 1. The van der Waals surface area contributed by atoms with E-state index in [1.165, 1.54) is 5.56 Å². The number of benzene rings is 1. The Bertz CT molecular complexity index is 517. The third-order valence-electron chi connectivity index (χ3n) is 3.23. The van der Waals surface area contributed by atoms with Gasteiger partial charge in [0.1, 0.15) is 5.58 Å². The van der Waals surface area contributed by atoms with Crippen LogP contribution >= 0.6 is 11.6 Å². The average molecular weight is 251 g/mol. The van der Waals surface area contributed by atoms with E-state index in [0.717, 1.165) is 48.7 Å². The highest BCUT2D eigenvalue weighted by Crippen LogP contribution is 2.29. The molecule has 1 fully saturated rings. The van der Waals surface area contributed by atoms with E-state index in [1.54, 1.807) is 0 Å². The van der Waals surface area contributed by atoms with Crippen molar-refractivity contribution in [3.63, 3.8) is 0 Å². The lowest BCUT2D eigenvalue weighted by molar-refractivity contribution is 0.233. The molecule has 0 aliphatic carbocycles. The first-order valence-corrected chi connectivity index (χ1v) is 6.30. The van der Waals surface area contributed by atoms with Crippen LogP contribution in [-0.4, -0.2) is 31.1 Å². The molecule has 0 atom stereocenters. The Morgan fingerprint density at radius 1 is 1.29 bits per heavy atom. The molecule has 1 aliphatic heterocycles. The molecule has 3 nitrogen and oxygen atoms in total. The van der Waals surface area contributed by atoms with Crippen molar-refractivity contribution in [2.45, 2.75) is 6.54 Å². The number of nitrogens with one attached hydrogen (secondary N) is 1. The summed E-state index contributed by atoms with van der Waals surface area (Å²) in [6.45, 7) is 5.19. The van der Waals surface area contributed by atoms with Crippen LogP contribution in [0.4, 0.5) is 0 Å². The Labute approximate surface area is 105 Å². The maximum atomic E-state index is 6.23. The highest BCUT2D eigenvalue weighted by Gasteiger charge is 2.14. The molecule has 3 rings (SSSR count). The van der Waals surface area contributed by atoms with Crippen molar-refractivity contribution >= 4 is 22.6 Å². The van der Waals surface area contributed by atoms with Gasteiger partial charge in [0.15, 0.2) is 0 Å². The summed E-state index contributed by atoms with van der Waals surface area (Å²) in [5, 5.41) is 5.19. The summed E-state index contributed by atoms with van der Waals surface area (Å²) < 4.78 is 5.54. The zero-order valence-corrected chi connectivity index (χ0v) is 10.3. The van der Waals surface area contributed by atoms with Crippen molar-refractivity contribution in [2.75, 3.05) is 26.2 Å². The molecule has 1 N–H and O–H groups in total. The fourth-order valence-electron chi connectivity index (χ4n) is 2.33. The molecule has 4 heteroatoms. The van der Waals surface area contributed by atoms with Gasteiger partial charge in [0.25, 0.3) is 0 Å². The smallest absolute Gasteiger partial charge is 0.135 e. The fraction of sp³-hybridized carbons (Fsp3) is 0.385. The molecule has 2 aromatic rings. The minimum Gasteiger partial charge on any atom is -0.464 e. The van der Waals surface area contributed by atoms with E-state index in [-0.39, 0.29) is 0 Å². The highest BCUT2D eigenvalue weighted by molar-refractivity contribution is 6.35. The van der Waals surface area contributed by atoms with Gasteiger partial charge in [-0.1, -0.05) is 17.7 Å². The van der Waals surface area contributed by atoms with Crippen molar-refractivity contribution in [1.82, 2.24) is 10.2 Å². The molecule has 0 radical (unpaired) electrons. The van der Waals surface area contributed by atoms with Gasteiger partial charge in [0.2, 0.25) is 0 Å². The van der Waals surface area contributed by atoms with E-state index in [0.29, 0.717) is 0 Å². The molecule has 0 spiro atoms. The summed E-state index contributed by atoms with van der Waals surface area (Å²) in [5.41, 5.74) is 2.06. The maximum absolute atomic E-state index is 6.23. The van der Waals surface area contributed by atoms with Crippen LogP contribution in [0.3, 0.4) is 0 Å². The molecule has 1 aromatic heterocycles. The third kappa shape index (κ3) is 2.18. The van der Waals surface area contributed by atoms with Crippen LogP contribution in [0, 0.1) is 0 Å². The molecular formula is C13H15ClN2O. The van der Waals surface area contributed by atoms with E-state index in [2.05, 4.69) is 10.2 Å². The number of furan rings is 1. The molecule has 0 unspecified atom stereocenters. The van der Waals surface area contributed by atoms with Crippen molar-refractivity contribution in [3.05, 3.63) is 35.0 Å². The highest BCUT2D eigenvalue weighted by atomic mass is 35.5. The van der Waals surface area contributed by atoms with E-state index in [4.69, 9.17) is 16.0 Å². The van der Waals surface area contributed by atoms with Crippen LogP contribution in [-0.2, 0) is 6.54 Å². The Balaban J connectivity index is 1.89. The number of hydrogen-bond donors (Lipinski definition) is 1. The molecular weight excluding hydrogens is 236 g/mol. The molecule has 0 amide bonds. The van der Waals surface area contributed by atoms with E-state index < -0.39 is 0 Å². The summed E-state index contributed by atoms with van der Waals surface area (Å²) in [6, 6.07) is 5.80. The lowest BCUT2D eigenvalue weighted by Gasteiger charge is -2.26. The van der Waals surface area contributed by atoms with Gasteiger partial charge in [-0.2, -0.15) is 0 Å². The minimum atomic E-state index is 0.779. The standard InChI is InChI=1S/C13H15ClN2O/c14-11-2-1-3-12-13(11)10(9-17-12)8-16-6-4-15-5-7-16/h1-3,9,15H,4-8H2. The lowest BCUT2D eigenvalue weighted by atomic mass is 10.1. The first-order valence-electron chi connectivity index (χ1n) is 5.92. The number of rotatable bonds is 2. The van der Waals surface area contributed by atoms with Gasteiger partial charge in [-0.15, -0.1) is 0 Å². The molecule has 0 saturated carbocycles. The number of halogens is 1. The quantitative estimate of drug-likeness (QED) is 0.888. The summed E-state index contributed by atoms with van der Waals surface area (Å²) in [5.74, 6) is 0. The van der Waals surface area contributed by atoms with Crippen molar-refractivity contribution in [3.8, 4) is 0 Å². The first-order chi connectivity index (χ1) is 8.34. The van der Waals surface area contributed by atoms with Gasteiger partial charge in [-0.25, -0.2) is 0 Å². The first kappa shape index (κ1) is 11.1. The van der Waals surface area contributed by atoms with Crippen LogP contribution in [0.15, 0.2) is 28.9 Å². The molecule has 0 bridgehead atoms. The predicted molar refractivity (Wildman–Crippen MR) is 69.4 cm³/mol. The van der Waals surface area contributed by atoms with Crippen molar-refractivity contribution in [2.24, 2.45) is 0 Å². The minimum absolute atomic E-state index is 0.779. The molecule has 2 heterocycles. The van der Waals surface area contributed by atoms with Crippen LogP contribution in [0.5, 0.6) is 0 Å². The molecule has 90 valence electrons. The Morgan fingerprint density at radius 3 is 2.94 bits per heavy atom. The van der Waals surface area contributed by atoms with Gasteiger partial charge >= 0.3 is 0 Å². The summed E-state index contributed by atoms with van der Waals surface area (Å²) in [7, 11) is 0. The van der Waals surface area contributed by atoms with Gasteiger partial charge in [0, 0.05) is 43.7 Å². The Kier molecular flexibility index (Phi) is 3.05. The lowest BCUT2D eigenvalue weighted by Crippen LogP contribution is -2.42. The second kappa shape index (κ2) is 4.69. The second-order valence-electron chi connectivity index (χ2n) is 4.40. The maximum Gasteiger partial charge on any atom is 0.135 e. The monoisotopic (exact) mass is 250 g/mol. The van der Waals surface area contributed by atoms with Crippen LogP contribution < -0.4 is 5.32 Å². The van der Waals surface area contributed by atoms with Crippen molar-refractivity contribution in [1.29, 1.82) is 0 Å². The summed E-state index contributed by atoms with van der Waals surface area (Å²) in [4.78, 5) is 2.42. The molecule has 17 heavy (non-hydrogen) atoms. The third-order valence-corrected chi connectivity index (χ3v) is 3.54. The zero-order valence-electron chi connectivity index (χ0n) is 9.58. The largest absolute Gasteiger partial charge is 0.464 e. The SMILES string of the molecule is Clc1cccc2occ(CN3CCNCC3)c12. The van der Waals surface area contributed by atoms with Gasteiger partial charge < -0.3 is 9.73 Å². The zero-order chi connectivity index (χ0) is 11.7. The van der Waals surface area contributed by atoms with Crippen molar-refractivity contribution < 1.29 is 4.42 Å². The normalized spacial score (nSPS) is 17.7. The summed E-state index contributed by atoms with van der Waals surface area (Å²) in [6.07, 6.45) is 1.83. The number of hydrogen-bond acceptors (Lipinski definition) is 3. The average Bonchev–Trinajstić information content (AvgIpc) is 2.75. The number of piperazine rings is 1. The van der Waals surface area contributed by atoms with Gasteiger partial charge in [-0.3, -0.25) is 4.90 Å². The topological polar surface area (TPSA) is 28.4 Å². The Morgan fingerprint density at radius 2 is 2.12 bits per heavy atom. The van der Waals surface area contributed by atoms with Crippen LogP contribution in [0.25, 0.3) is 11.0 Å². The fourth-order valence-corrected chi connectivity index (χ4v) is 2.62. The van der Waals surface area contributed by atoms with Crippen LogP contribution in [0.1, 0.15) is 5.56 Å². The van der Waals surface area contributed by atoms with Crippen LogP contribution in [0.2, 0.25) is 5.02 Å². The molecule has 1 aromatic carbocycles. The predicted octanol–water partition coefficient (Wildman–Crippen LogP) is 2.49. The van der Waals surface area contributed by atoms with E-state index in [9.17, 15) is 0 Å². The van der Waals surface area contributed by atoms with E-state index in [1.807, 2.05) is 24.5 Å². The summed E-state index contributed by atoms with van der Waals surface area (Å²) >= 11 is 6.23. The molecule has 1 aliphatic rings. The van der Waals surface area contributed by atoms with E-state index >= 15 is 0 Å². The van der Waals surface area contributed by atoms with Gasteiger partial charge in [-0.05, 0) is 12.1 Å².